The van der Waals surface area contributed by atoms with Gasteiger partial charge >= 0.3 is 0 Å². The Labute approximate surface area is 106 Å². The van der Waals surface area contributed by atoms with Gasteiger partial charge < -0.3 is 14.5 Å². The van der Waals surface area contributed by atoms with Gasteiger partial charge in [-0.25, -0.2) is 0 Å². The van der Waals surface area contributed by atoms with E-state index in [1.54, 1.807) is 0 Å². The maximum Gasteiger partial charge on any atom is 0.0468 e. The van der Waals surface area contributed by atoms with Gasteiger partial charge in [-0.15, -0.1) is 0 Å². The summed E-state index contributed by atoms with van der Waals surface area (Å²) in [6.07, 6.45) is 4.98. The lowest BCUT2D eigenvalue weighted by Crippen LogP contribution is -2.47. The van der Waals surface area contributed by atoms with E-state index in [4.69, 9.17) is 4.74 Å². The Morgan fingerprint density at radius 2 is 1.53 bits per heavy atom. The predicted molar refractivity (Wildman–Crippen MR) is 71.0 cm³/mol. The minimum atomic E-state index is 0.918. The van der Waals surface area contributed by atoms with Crippen LogP contribution in [0.4, 0.5) is 0 Å². The Morgan fingerprint density at radius 1 is 0.941 bits per heavy atom. The third-order valence-corrected chi connectivity index (χ3v) is 4.13. The van der Waals surface area contributed by atoms with E-state index >= 15 is 0 Å². The van der Waals surface area contributed by atoms with Gasteiger partial charge in [0.15, 0.2) is 0 Å². The Bertz CT molecular complexity index is 196. The van der Waals surface area contributed by atoms with Gasteiger partial charge in [-0.1, -0.05) is 6.92 Å². The normalized spacial score (nSPS) is 25.2. The second-order valence-electron chi connectivity index (χ2n) is 5.38. The van der Waals surface area contributed by atoms with Gasteiger partial charge in [-0.05, 0) is 44.7 Å². The largest absolute Gasteiger partial charge is 0.381 e. The molecule has 2 saturated heterocycles. The first-order chi connectivity index (χ1) is 8.38. The van der Waals surface area contributed by atoms with E-state index in [2.05, 4.69) is 16.7 Å². The van der Waals surface area contributed by atoms with Crippen LogP contribution in [0.1, 0.15) is 25.7 Å². The van der Waals surface area contributed by atoms with Crippen LogP contribution in [0.15, 0.2) is 0 Å². The van der Waals surface area contributed by atoms with E-state index < -0.39 is 0 Å². The lowest BCUT2D eigenvalue weighted by atomic mass is 9.96. The number of piperazine rings is 1. The molecular weight excluding hydrogens is 212 g/mol. The summed E-state index contributed by atoms with van der Waals surface area (Å²) in [7, 11) is 0. The maximum atomic E-state index is 5.41. The monoisotopic (exact) mass is 239 g/mol. The summed E-state index contributed by atoms with van der Waals surface area (Å²) in [5, 5.41) is 0. The van der Waals surface area contributed by atoms with Crippen molar-refractivity contribution in [3.05, 3.63) is 6.92 Å². The molecule has 17 heavy (non-hydrogen) atoms. The molecule has 0 N–H and O–H groups in total. The average molecular weight is 239 g/mol. The van der Waals surface area contributed by atoms with Crippen LogP contribution in [-0.4, -0.2) is 62.3 Å². The summed E-state index contributed by atoms with van der Waals surface area (Å²) in [5.41, 5.74) is 0. The Hall–Kier alpha value is -0.120. The predicted octanol–water partition coefficient (Wildman–Crippen LogP) is 1.64. The molecule has 0 saturated carbocycles. The number of ether oxygens (including phenoxy) is 1. The highest BCUT2D eigenvalue weighted by molar-refractivity contribution is 4.73. The number of hydrogen-bond acceptors (Lipinski definition) is 3. The fourth-order valence-electron chi connectivity index (χ4n) is 2.86. The highest BCUT2D eigenvalue weighted by Crippen LogP contribution is 2.19. The molecular formula is C14H27N2O. The SMILES string of the molecule is [CH2]CCN1CCN(CCC2CCOCC2)CC1. The Morgan fingerprint density at radius 3 is 2.12 bits per heavy atom. The first-order valence-electron chi connectivity index (χ1n) is 7.20. The molecule has 3 nitrogen and oxygen atoms in total. The van der Waals surface area contributed by atoms with E-state index in [-0.39, 0.29) is 0 Å². The molecule has 2 rings (SSSR count). The van der Waals surface area contributed by atoms with Gasteiger partial charge in [-0.3, -0.25) is 0 Å². The summed E-state index contributed by atoms with van der Waals surface area (Å²) in [5.74, 6) is 0.918. The third-order valence-electron chi connectivity index (χ3n) is 4.13. The Kier molecular flexibility index (Phi) is 5.75. The van der Waals surface area contributed by atoms with E-state index in [1.165, 1.54) is 58.5 Å². The summed E-state index contributed by atoms with van der Waals surface area (Å²) in [6, 6.07) is 0. The van der Waals surface area contributed by atoms with Crippen LogP contribution in [0, 0.1) is 12.8 Å². The van der Waals surface area contributed by atoms with Crippen LogP contribution in [0.5, 0.6) is 0 Å². The molecule has 0 aromatic carbocycles. The standard InChI is InChI=1S/C14H27N2O/c1-2-6-15-8-10-16(11-9-15)7-3-14-4-12-17-13-5-14/h14H,1-13H2. The first-order valence-corrected chi connectivity index (χ1v) is 7.20. The van der Waals surface area contributed by atoms with Crippen molar-refractivity contribution in [2.45, 2.75) is 25.7 Å². The molecule has 1 radical (unpaired) electrons. The summed E-state index contributed by atoms with van der Waals surface area (Å²) in [4.78, 5) is 5.17. The van der Waals surface area contributed by atoms with E-state index in [1.807, 2.05) is 0 Å². The quantitative estimate of drug-likeness (QED) is 0.725. The van der Waals surface area contributed by atoms with Gasteiger partial charge in [0.2, 0.25) is 0 Å². The molecule has 0 unspecified atom stereocenters. The van der Waals surface area contributed by atoms with E-state index in [0.717, 1.165) is 25.6 Å². The molecule has 2 aliphatic rings. The van der Waals surface area contributed by atoms with E-state index in [9.17, 15) is 0 Å². The fourth-order valence-corrected chi connectivity index (χ4v) is 2.86. The second-order valence-corrected chi connectivity index (χ2v) is 5.38. The molecule has 2 fully saturated rings. The van der Waals surface area contributed by atoms with Crippen LogP contribution >= 0.6 is 0 Å². The maximum absolute atomic E-state index is 5.41. The van der Waals surface area contributed by atoms with Crippen LogP contribution in [0.25, 0.3) is 0 Å². The highest BCUT2D eigenvalue weighted by atomic mass is 16.5. The van der Waals surface area contributed by atoms with Crippen molar-refractivity contribution >= 4 is 0 Å². The van der Waals surface area contributed by atoms with Gasteiger partial charge in [0.1, 0.15) is 0 Å². The highest BCUT2D eigenvalue weighted by Gasteiger charge is 2.18. The summed E-state index contributed by atoms with van der Waals surface area (Å²) in [6.45, 7) is 13.4. The molecule has 2 aliphatic heterocycles. The molecule has 99 valence electrons. The van der Waals surface area contributed by atoms with Crippen molar-refractivity contribution in [1.82, 2.24) is 9.80 Å². The number of hydrogen-bond donors (Lipinski definition) is 0. The van der Waals surface area contributed by atoms with Crippen molar-refractivity contribution in [2.75, 3.05) is 52.5 Å². The molecule has 0 atom stereocenters. The molecule has 0 aromatic rings. The van der Waals surface area contributed by atoms with Crippen molar-refractivity contribution < 1.29 is 4.74 Å². The number of rotatable bonds is 5. The zero-order valence-electron chi connectivity index (χ0n) is 11.1. The zero-order valence-corrected chi connectivity index (χ0v) is 11.1. The second kappa shape index (κ2) is 7.34. The average Bonchev–Trinajstić information content (AvgIpc) is 2.40. The van der Waals surface area contributed by atoms with Gasteiger partial charge in [-0.2, -0.15) is 0 Å². The van der Waals surface area contributed by atoms with Crippen molar-refractivity contribution in [3.63, 3.8) is 0 Å². The van der Waals surface area contributed by atoms with E-state index in [0.29, 0.717) is 0 Å². The van der Waals surface area contributed by atoms with Crippen molar-refractivity contribution in [2.24, 2.45) is 5.92 Å². The molecule has 2 heterocycles. The molecule has 0 aromatic heterocycles. The van der Waals surface area contributed by atoms with Gasteiger partial charge in [0.05, 0.1) is 0 Å². The van der Waals surface area contributed by atoms with Crippen LogP contribution in [-0.2, 0) is 4.74 Å². The lowest BCUT2D eigenvalue weighted by Gasteiger charge is -2.35. The molecule has 3 heteroatoms. The Balaban J connectivity index is 1.57. The smallest absolute Gasteiger partial charge is 0.0468 e. The minimum Gasteiger partial charge on any atom is -0.381 e. The number of nitrogens with zero attached hydrogens (tertiary/aromatic N) is 2. The van der Waals surface area contributed by atoms with Crippen molar-refractivity contribution in [3.8, 4) is 0 Å². The van der Waals surface area contributed by atoms with Crippen LogP contribution in [0.3, 0.4) is 0 Å². The fraction of sp³-hybridized carbons (Fsp3) is 0.929. The lowest BCUT2D eigenvalue weighted by molar-refractivity contribution is 0.0563. The zero-order chi connectivity index (χ0) is 11.9. The molecule has 0 amide bonds. The van der Waals surface area contributed by atoms with Crippen LogP contribution in [0.2, 0.25) is 0 Å². The molecule has 0 aliphatic carbocycles. The van der Waals surface area contributed by atoms with Crippen molar-refractivity contribution in [1.29, 1.82) is 0 Å². The summed E-state index contributed by atoms with van der Waals surface area (Å²) < 4.78 is 5.41. The van der Waals surface area contributed by atoms with Crippen LogP contribution < -0.4 is 0 Å². The van der Waals surface area contributed by atoms with Gasteiger partial charge in [0.25, 0.3) is 0 Å². The molecule has 0 spiro atoms. The topological polar surface area (TPSA) is 15.7 Å². The molecule has 0 bridgehead atoms. The summed E-state index contributed by atoms with van der Waals surface area (Å²) >= 11 is 0. The van der Waals surface area contributed by atoms with Gasteiger partial charge in [0, 0.05) is 39.4 Å². The first kappa shape index (κ1) is 13.3. The minimum absolute atomic E-state index is 0.918. The third kappa shape index (κ3) is 4.57.